The van der Waals surface area contributed by atoms with Gasteiger partial charge in [-0.2, -0.15) is 13.2 Å². The molecule has 0 aromatic heterocycles. The molecule has 0 aliphatic heterocycles. The van der Waals surface area contributed by atoms with E-state index in [0.717, 1.165) is 65.0 Å². The van der Waals surface area contributed by atoms with E-state index in [4.69, 9.17) is 0 Å². The van der Waals surface area contributed by atoms with Gasteiger partial charge in [0.2, 0.25) is 0 Å². The molecule has 0 aromatic carbocycles. The molecule has 7 heteroatoms. The van der Waals surface area contributed by atoms with E-state index < -0.39 is 12.7 Å². The number of unbranched alkanes of at least 4 members (excludes halogenated alkanes) is 1. The molecule has 0 amide bonds. The molecule has 4 N–H and O–H groups in total. The van der Waals surface area contributed by atoms with Gasteiger partial charge in [0.05, 0.1) is 6.54 Å². The Morgan fingerprint density at radius 1 is 0.619 bits per heavy atom. The molecule has 0 bridgehead atoms. The summed E-state index contributed by atoms with van der Waals surface area (Å²) in [5.41, 5.74) is 0. The van der Waals surface area contributed by atoms with E-state index in [2.05, 4.69) is 28.2 Å². The van der Waals surface area contributed by atoms with Crippen LogP contribution in [0.1, 0.15) is 32.6 Å². The lowest BCUT2D eigenvalue weighted by Gasteiger charge is -2.09. The van der Waals surface area contributed by atoms with Crippen LogP contribution in [-0.2, 0) is 0 Å². The van der Waals surface area contributed by atoms with Crippen LogP contribution in [0.4, 0.5) is 13.2 Å². The maximum absolute atomic E-state index is 11.8. The molecule has 0 spiro atoms. The van der Waals surface area contributed by atoms with Crippen molar-refractivity contribution in [3.63, 3.8) is 0 Å². The predicted molar refractivity (Wildman–Crippen MR) is 81.7 cm³/mol. The van der Waals surface area contributed by atoms with Gasteiger partial charge < -0.3 is 21.3 Å². The second kappa shape index (κ2) is 14.6. The molecule has 128 valence electrons. The summed E-state index contributed by atoms with van der Waals surface area (Å²) in [4.78, 5) is 0. The van der Waals surface area contributed by atoms with Crippen LogP contribution in [-0.4, -0.2) is 58.5 Å². The summed E-state index contributed by atoms with van der Waals surface area (Å²) in [6, 6.07) is 0. The average molecular weight is 312 g/mol. The third kappa shape index (κ3) is 19.6. The Labute approximate surface area is 126 Å². The van der Waals surface area contributed by atoms with Crippen molar-refractivity contribution in [3.05, 3.63) is 0 Å². The van der Waals surface area contributed by atoms with Crippen molar-refractivity contribution in [2.45, 2.75) is 38.8 Å². The summed E-state index contributed by atoms with van der Waals surface area (Å²) in [6.07, 6.45) is -0.0144. The van der Waals surface area contributed by atoms with Crippen LogP contribution >= 0.6 is 0 Å². The van der Waals surface area contributed by atoms with Gasteiger partial charge >= 0.3 is 6.18 Å². The predicted octanol–water partition coefficient (Wildman–Crippen LogP) is 1.49. The minimum atomic E-state index is -4.10. The zero-order valence-corrected chi connectivity index (χ0v) is 13.1. The lowest BCUT2D eigenvalue weighted by molar-refractivity contribution is -0.124. The maximum atomic E-state index is 11.8. The Morgan fingerprint density at radius 2 is 1.05 bits per heavy atom. The van der Waals surface area contributed by atoms with Crippen molar-refractivity contribution in [3.8, 4) is 0 Å². The van der Waals surface area contributed by atoms with Crippen molar-refractivity contribution in [2.75, 3.05) is 52.4 Å². The van der Waals surface area contributed by atoms with Crippen molar-refractivity contribution in [2.24, 2.45) is 0 Å². The highest BCUT2D eigenvalue weighted by Gasteiger charge is 2.25. The average Bonchev–Trinajstić information content (AvgIpc) is 2.42. The largest absolute Gasteiger partial charge is 0.401 e. The van der Waals surface area contributed by atoms with Gasteiger partial charge in [-0.05, 0) is 71.5 Å². The fourth-order valence-corrected chi connectivity index (χ4v) is 1.83. The molecule has 0 unspecified atom stereocenters. The van der Waals surface area contributed by atoms with Crippen LogP contribution in [0.2, 0.25) is 0 Å². The molecule has 0 aliphatic rings. The third-order valence-corrected chi connectivity index (χ3v) is 2.95. The third-order valence-electron chi connectivity index (χ3n) is 2.95. The Hall–Kier alpha value is -0.370. The fourth-order valence-electron chi connectivity index (χ4n) is 1.83. The first-order chi connectivity index (χ1) is 10.1. The van der Waals surface area contributed by atoms with E-state index in [0.29, 0.717) is 6.54 Å². The first kappa shape index (κ1) is 20.6. The molecule has 21 heavy (non-hydrogen) atoms. The SMILES string of the molecule is CCNCCCNCCCCNCCCNCC(F)(F)F. The molecule has 0 heterocycles. The Kier molecular flexibility index (Phi) is 14.3. The molecule has 0 aliphatic carbocycles. The molecule has 4 nitrogen and oxygen atoms in total. The summed E-state index contributed by atoms with van der Waals surface area (Å²) in [7, 11) is 0. The number of hydrogen-bond donors (Lipinski definition) is 4. The van der Waals surface area contributed by atoms with Gasteiger partial charge in [0.25, 0.3) is 0 Å². The van der Waals surface area contributed by atoms with Gasteiger partial charge in [-0.15, -0.1) is 0 Å². The molecular formula is C14H31F3N4. The van der Waals surface area contributed by atoms with E-state index in [1.165, 1.54) is 0 Å². The van der Waals surface area contributed by atoms with Gasteiger partial charge in [-0.1, -0.05) is 6.92 Å². The van der Waals surface area contributed by atoms with Crippen LogP contribution < -0.4 is 21.3 Å². The normalized spacial score (nSPS) is 12.0. The highest BCUT2D eigenvalue weighted by atomic mass is 19.4. The number of nitrogens with one attached hydrogen (secondary N) is 4. The number of halogens is 3. The van der Waals surface area contributed by atoms with Crippen LogP contribution in [0, 0.1) is 0 Å². The highest BCUT2D eigenvalue weighted by molar-refractivity contribution is 4.57. The number of hydrogen-bond acceptors (Lipinski definition) is 4. The van der Waals surface area contributed by atoms with Gasteiger partial charge in [0, 0.05) is 0 Å². The van der Waals surface area contributed by atoms with E-state index in [1.807, 2.05) is 0 Å². The van der Waals surface area contributed by atoms with Crippen molar-refractivity contribution in [1.29, 1.82) is 0 Å². The molecular weight excluding hydrogens is 281 g/mol. The smallest absolute Gasteiger partial charge is 0.317 e. The summed E-state index contributed by atoms with van der Waals surface area (Å²) >= 11 is 0. The van der Waals surface area contributed by atoms with Crippen molar-refractivity contribution >= 4 is 0 Å². The van der Waals surface area contributed by atoms with Crippen LogP contribution in [0.5, 0.6) is 0 Å². The zero-order chi connectivity index (χ0) is 15.8. The monoisotopic (exact) mass is 312 g/mol. The molecule has 0 atom stereocenters. The first-order valence-corrected chi connectivity index (χ1v) is 7.96. The summed E-state index contributed by atoms with van der Waals surface area (Å²) < 4.78 is 35.5. The van der Waals surface area contributed by atoms with Crippen LogP contribution in [0.25, 0.3) is 0 Å². The Morgan fingerprint density at radius 3 is 1.52 bits per heavy atom. The number of alkyl halides is 3. The van der Waals surface area contributed by atoms with Crippen LogP contribution in [0.3, 0.4) is 0 Å². The van der Waals surface area contributed by atoms with E-state index in [-0.39, 0.29) is 0 Å². The maximum Gasteiger partial charge on any atom is 0.401 e. The molecule has 0 radical (unpaired) electrons. The quantitative estimate of drug-likeness (QED) is 0.346. The minimum absolute atomic E-state index is 0.403. The summed E-state index contributed by atoms with van der Waals surface area (Å²) in [5, 5.41) is 12.3. The van der Waals surface area contributed by atoms with Crippen molar-refractivity contribution < 1.29 is 13.2 Å². The second-order valence-corrected chi connectivity index (χ2v) is 5.06. The van der Waals surface area contributed by atoms with E-state index >= 15 is 0 Å². The highest BCUT2D eigenvalue weighted by Crippen LogP contribution is 2.11. The molecule has 0 aromatic rings. The lowest BCUT2D eigenvalue weighted by Crippen LogP contribution is -2.31. The van der Waals surface area contributed by atoms with Crippen LogP contribution in [0.15, 0.2) is 0 Å². The molecule has 0 rings (SSSR count). The van der Waals surface area contributed by atoms with Gasteiger partial charge in [-0.3, -0.25) is 0 Å². The minimum Gasteiger partial charge on any atom is -0.317 e. The van der Waals surface area contributed by atoms with E-state index in [1.54, 1.807) is 0 Å². The summed E-state index contributed by atoms with van der Waals surface area (Å²) in [5.74, 6) is 0. The van der Waals surface area contributed by atoms with Gasteiger partial charge in [-0.25, -0.2) is 0 Å². The Balaban J connectivity index is 3.00. The Bertz CT molecular complexity index is 213. The standard InChI is InChI=1S/C14H31F3N4/c1-2-18-9-5-10-19-7-3-4-8-20-11-6-12-21-13-14(15,16)17/h18-21H,2-13H2,1H3. The second-order valence-electron chi connectivity index (χ2n) is 5.06. The summed E-state index contributed by atoms with van der Waals surface area (Å²) in [6.45, 7) is 7.47. The fraction of sp³-hybridized carbons (Fsp3) is 1.00. The van der Waals surface area contributed by atoms with Gasteiger partial charge in [0.1, 0.15) is 0 Å². The number of rotatable bonds is 15. The zero-order valence-electron chi connectivity index (χ0n) is 13.1. The molecule has 0 saturated heterocycles. The van der Waals surface area contributed by atoms with Gasteiger partial charge in [0.15, 0.2) is 0 Å². The van der Waals surface area contributed by atoms with Crippen molar-refractivity contribution in [1.82, 2.24) is 21.3 Å². The first-order valence-electron chi connectivity index (χ1n) is 7.96. The molecule has 0 saturated carbocycles. The molecule has 0 fully saturated rings. The topological polar surface area (TPSA) is 48.1 Å². The van der Waals surface area contributed by atoms with E-state index in [9.17, 15) is 13.2 Å². The lowest BCUT2D eigenvalue weighted by atomic mass is 10.3.